The fraction of sp³-hybridized carbons (Fsp3) is 0.500. The zero-order valence-electron chi connectivity index (χ0n) is 12.1. The number of nitrogens with zero attached hydrogens (tertiary/aromatic N) is 2. The van der Waals surface area contributed by atoms with E-state index in [1.807, 2.05) is 6.07 Å². The molecule has 2 aromatic heterocycles. The van der Waals surface area contributed by atoms with Crippen molar-refractivity contribution in [3.8, 4) is 0 Å². The van der Waals surface area contributed by atoms with Gasteiger partial charge in [0.25, 0.3) is 5.91 Å². The van der Waals surface area contributed by atoms with Gasteiger partial charge in [0.2, 0.25) is 0 Å². The molecule has 0 spiro atoms. The van der Waals surface area contributed by atoms with Crippen LogP contribution < -0.4 is 5.32 Å². The van der Waals surface area contributed by atoms with Crippen LogP contribution in [-0.2, 0) is 0 Å². The van der Waals surface area contributed by atoms with Gasteiger partial charge in [-0.1, -0.05) is 0 Å². The molecule has 4 unspecified atom stereocenters. The van der Waals surface area contributed by atoms with Gasteiger partial charge in [-0.3, -0.25) is 14.7 Å². The first kappa shape index (κ1) is 12.8. The molecule has 110 valence electrons. The minimum Gasteiger partial charge on any atom is -0.464 e. The third-order valence-electron chi connectivity index (χ3n) is 4.94. The molecule has 1 N–H and O–H groups in total. The van der Waals surface area contributed by atoms with E-state index in [0.29, 0.717) is 23.2 Å². The molecule has 5 rings (SSSR count). The summed E-state index contributed by atoms with van der Waals surface area (Å²) in [6, 6.07) is 4.46. The van der Waals surface area contributed by atoms with E-state index in [1.54, 1.807) is 18.5 Å². The van der Waals surface area contributed by atoms with Crippen LogP contribution in [0.1, 0.15) is 30.3 Å². The maximum absolute atomic E-state index is 12.4. The highest BCUT2D eigenvalue weighted by atomic mass is 16.3. The molecule has 5 heteroatoms. The summed E-state index contributed by atoms with van der Waals surface area (Å²) in [5, 5.41) is 4.08. The Kier molecular flexibility index (Phi) is 2.96. The number of rotatable bonds is 2. The van der Waals surface area contributed by atoms with Crippen molar-refractivity contribution in [3.63, 3.8) is 0 Å². The van der Waals surface area contributed by atoms with Gasteiger partial charge < -0.3 is 9.73 Å². The van der Waals surface area contributed by atoms with E-state index in [-0.39, 0.29) is 11.9 Å². The molecular weight excluding hydrogens is 266 g/mol. The van der Waals surface area contributed by atoms with Gasteiger partial charge in [-0.25, -0.2) is 0 Å². The summed E-state index contributed by atoms with van der Waals surface area (Å²) in [5.74, 6) is 0.501. The Morgan fingerprint density at radius 2 is 2.43 bits per heavy atom. The first-order valence-corrected chi connectivity index (χ1v) is 7.59. The van der Waals surface area contributed by atoms with Crippen LogP contribution in [-0.4, -0.2) is 41.0 Å². The molecule has 21 heavy (non-hydrogen) atoms. The van der Waals surface area contributed by atoms with E-state index >= 15 is 0 Å². The Labute approximate surface area is 123 Å². The molecule has 0 radical (unpaired) electrons. The number of hydrogen-bond acceptors (Lipinski definition) is 4. The van der Waals surface area contributed by atoms with Crippen LogP contribution in [0.4, 0.5) is 0 Å². The van der Waals surface area contributed by atoms with Crippen molar-refractivity contribution in [2.24, 2.45) is 5.92 Å². The van der Waals surface area contributed by atoms with Crippen LogP contribution in [0, 0.1) is 5.92 Å². The summed E-state index contributed by atoms with van der Waals surface area (Å²) in [4.78, 5) is 19.1. The molecule has 3 aliphatic heterocycles. The lowest BCUT2D eigenvalue weighted by molar-refractivity contribution is 0.0273. The third kappa shape index (κ3) is 2.21. The fourth-order valence-electron chi connectivity index (χ4n) is 3.68. The Morgan fingerprint density at radius 1 is 1.52 bits per heavy atom. The molecule has 5 heterocycles. The second-order valence-corrected chi connectivity index (χ2v) is 6.24. The van der Waals surface area contributed by atoms with Crippen molar-refractivity contribution < 1.29 is 9.21 Å². The minimum atomic E-state index is -0.0975. The van der Waals surface area contributed by atoms with Crippen LogP contribution in [0.25, 0.3) is 11.0 Å². The van der Waals surface area contributed by atoms with Crippen LogP contribution in [0.15, 0.2) is 29.0 Å². The molecule has 3 fully saturated rings. The number of pyridine rings is 1. The lowest BCUT2D eigenvalue weighted by Gasteiger charge is -2.48. The van der Waals surface area contributed by atoms with Crippen LogP contribution in [0.2, 0.25) is 0 Å². The normalized spacial score (nSPS) is 31.5. The number of carbonyl (C=O) groups excluding carboxylic acids is 1. The van der Waals surface area contributed by atoms with E-state index in [2.05, 4.69) is 22.1 Å². The first-order chi connectivity index (χ1) is 10.2. The molecule has 2 aromatic rings. The van der Waals surface area contributed by atoms with Gasteiger partial charge in [0.05, 0.1) is 6.26 Å². The third-order valence-corrected chi connectivity index (χ3v) is 4.94. The van der Waals surface area contributed by atoms with E-state index in [0.717, 1.165) is 18.5 Å². The van der Waals surface area contributed by atoms with Gasteiger partial charge in [-0.05, 0) is 38.3 Å². The number of fused-ring (bicyclic) bond motifs is 4. The number of piperidine rings is 3. The monoisotopic (exact) mass is 285 g/mol. The Hall–Kier alpha value is -1.88. The van der Waals surface area contributed by atoms with Crippen molar-refractivity contribution in [1.82, 2.24) is 15.2 Å². The largest absolute Gasteiger partial charge is 0.464 e. The highest BCUT2D eigenvalue weighted by molar-refractivity contribution is 5.95. The maximum Gasteiger partial charge on any atom is 0.270 e. The van der Waals surface area contributed by atoms with Gasteiger partial charge >= 0.3 is 0 Å². The molecule has 0 aliphatic carbocycles. The maximum atomic E-state index is 12.4. The minimum absolute atomic E-state index is 0.0975. The van der Waals surface area contributed by atoms with E-state index in [4.69, 9.17) is 4.42 Å². The number of furan rings is 1. The van der Waals surface area contributed by atoms with Gasteiger partial charge in [-0.15, -0.1) is 0 Å². The van der Waals surface area contributed by atoms with Crippen LogP contribution in [0.5, 0.6) is 0 Å². The summed E-state index contributed by atoms with van der Waals surface area (Å²) < 4.78 is 5.33. The highest BCUT2D eigenvalue weighted by Crippen LogP contribution is 2.32. The van der Waals surface area contributed by atoms with Crippen LogP contribution >= 0.6 is 0 Å². The number of amides is 1. The summed E-state index contributed by atoms with van der Waals surface area (Å²) >= 11 is 0. The second-order valence-electron chi connectivity index (χ2n) is 6.24. The molecule has 3 saturated heterocycles. The SMILES string of the molecule is CC1CC2CCN1CC2NC(=O)c1cc2occc2cn1. The molecule has 4 atom stereocenters. The first-order valence-electron chi connectivity index (χ1n) is 7.59. The Morgan fingerprint density at radius 3 is 3.19 bits per heavy atom. The van der Waals surface area contributed by atoms with Gasteiger partial charge in [0.1, 0.15) is 11.3 Å². The van der Waals surface area contributed by atoms with Gasteiger partial charge in [-0.2, -0.15) is 0 Å². The predicted molar refractivity (Wildman–Crippen MR) is 79.0 cm³/mol. The fourth-order valence-corrected chi connectivity index (χ4v) is 3.68. The molecule has 1 amide bonds. The van der Waals surface area contributed by atoms with Crippen molar-refractivity contribution in [1.29, 1.82) is 0 Å². The average Bonchev–Trinajstić information content (AvgIpc) is 2.96. The zero-order chi connectivity index (χ0) is 14.4. The van der Waals surface area contributed by atoms with E-state index < -0.39 is 0 Å². The summed E-state index contributed by atoms with van der Waals surface area (Å²) in [7, 11) is 0. The average molecular weight is 285 g/mol. The van der Waals surface area contributed by atoms with Crippen molar-refractivity contribution >= 4 is 16.9 Å². The summed E-state index contributed by atoms with van der Waals surface area (Å²) in [6.07, 6.45) is 5.66. The van der Waals surface area contributed by atoms with E-state index in [9.17, 15) is 4.79 Å². The molecular formula is C16H19N3O2. The smallest absolute Gasteiger partial charge is 0.270 e. The standard InChI is InChI=1S/C16H19N3O2/c1-10-6-11-2-4-19(10)9-14(11)18-16(20)13-7-15-12(8-17-13)3-5-21-15/h3,5,7-8,10-11,14H,2,4,6,9H2,1H3,(H,18,20). The predicted octanol–water partition coefficient (Wildman–Crippen LogP) is 2.04. The summed E-state index contributed by atoms with van der Waals surface area (Å²) in [6.45, 7) is 4.39. The van der Waals surface area contributed by atoms with Gasteiger partial charge in [0.15, 0.2) is 0 Å². The number of aromatic nitrogens is 1. The van der Waals surface area contributed by atoms with Crippen LogP contribution in [0.3, 0.4) is 0 Å². The molecule has 3 aliphatic rings. The van der Waals surface area contributed by atoms with E-state index in [1.165, 1.54) is 12.8 Å². The number of nitrogens with one attached hydrogen (secondary N) is 1. The zero-order valence-corrected chi connectivity index (χ0v) is 12.1. The quantitative estimate of drug-likeness (QED) is 0.917. The Balaban J connectivity index is 1.50. The number of hydrogen-bond donors (Lipinski definition) is 1. The lowest BCUT2D eigenvalue weighted by Crippen LogP contribution is -2.60. The second kappa shape index (κ2) is 4.84. The summed E-state index contributed by atoms with van der Waals surface area (Å²) in [5.41, 5.74) is 1.14. The Bertz CT molecular complexity index is 681. The molecule has 2 bridgehead atoms. The van der Waals surface area contributed by atoms with Crippen molar-refractivity contribution in [2.45, 2.75) is 31.8 Å². The van der Waals surface area contributed by atoms with Gasteiger partial charge in [0, 0.05) is 36.3 Å². The van der Waals surface area contributed by atoms with Crippen molar-refractivity contribution in [2.75, 3.05) is 13.1 Å². The molecule has 0 aromatic carbocycles. The topological polar surface area (TPSA) is 58.4 Å². The number of carbonyl (C=O) groups is 1. The molecule has 0 saturated carbocycles. The molecule has 5 nitrogen and oxygen atoms in total. The highest BCUT2D eigenvalue weighted by Gasteiger charge is 2.38. The lowest BCUT2D eigenvalue weighted by atomic mass is 9.80. The van der Waals surface area contributed by atoms with Crippen molar-refractivity contribution in [3.05, 3.63) is 30.3 Å².